The molecule has 3 aromatic rings. The van der Waals surface area contributed by atoms with E-state index in [1.54, 1.807) is 29.9 Å². The van der Waals surface area contributed by atoms with Crippen LogP contribution in [0.15, 0.2) is 29.2 Å². The van der Waals surface area contributed by atoms with Gasteiger partial charge in [0, 0.05) is 13.0 Å². The van der Waals surface area contributed by atoms with Crippen LogP contribution in [0.2, 0.25) is 0 Å². The Kier molecular flexibility index (Phi) is 3.65. The van der Waals surface area contributed by atoms with Crippen LogP contribution < -0.4 is 5.56 Å². The molecular weight excluding hydrogens is 311 g/mol. The highest BCUT2D eigenvalue weighted by Crippen LogP contribution is 2.21. The number of nitrogens with one attached hydrogen (secondary N) is 1. The number of benzene rings is 1. The molecule has 1 saturated heterocycles. The van der Waals surface area contributed by atoms with Gasteiger partial charge in [-0.3, -0.25) is 4.79 Å². The molecule has 7 heteroatoms. The molecule has 1 atom stereocenters. The molecule has 0 spiro atoms. The molecule has 6 nitrogen and oxygen atoms in total. The van der Waals surface area contributed by atoms with Gasteiger partial charge in [0.1, 0.15) is 17.0 Å². The van der Waals surface area contributed by atoms with Crippen LogP contribution in [0.4, 0.5) is 4.39 Å². The highest BCUT2D eigenvalue weighted by molar-refractivity contribution is 5.73. The normalized spacial score (nSPS) is 17.7. The molecule has 2 aromatic heterocycles. The van der Waals surface area contributed by atoms with Crippen molar-refractivity contribution in [1.29, 1.82) is 0 Å². The predicted octanol–water partition coefficient (Wildman–Crippen LogP) is 2.12. The molecule has 1 fully saturated rings. The molecule has 3 heterocycles. The van der Waals surface area contributed by atoms with Gasteiger partial charge in [-0.1, -0.05) is 12.1 Å². The minimum Gasteiger partial charge on any atom is -0.379 e. The Bertz CT molecular complexity index is 957. The van der Waals surface area contributed by atoms with Crippen molar-refractivity contribution in [3.8, 4) is 0 Å². The molecule has 0 amide bonds. The van der Waals surface area contributed by atoms with Gasteiger partial charge < -0.3 is 9.72 Å². The average Bonchev–Trinajstić information content (AvgIpc) is 3.20. The van der Waals surface area contributed by atoms with Crippen molar-refractivity contribution < 1.29 is 9.13 Å². The highest BCUT2D eigenvalue weighted by Gasteiger charge is 2.22. The summed E-state index contributed by atoms with van der Waals surface area (Å²) in [5, 5.41) is 4.79. The Morgan fingerprint density at radius 3 is 3.08 bits per heavy atom. The van der Waals surface area contributed by atoms with Crippen molar-refractivity contribution in [3.63, 3.8) is 0 Å². The largest absolute Gasteiger partial charge is 0.379 e. The summed E-state index contributed by atoms with van der Waals surface area (Å²) >= 11 is 0. The SMILES string of the molecule is Cc1cc(Cc2nc3c(cnn3C3CCOC3)c(=O)[nH]2)ccc1F. The predicted molar refractivity (Wildman–Crippen MR) is 86.6 cm³/mol. The second-order valence-electron chi connectivity index (χ2n) is 6.12. The Morgan fingerprint density at radius 1 is 1.46 bits per heavy atom. The zero-order valence-electron chi connectivity index (χ0n) is 13.3. The Labute approximate surface area is 137 Å². The lowest BCUT2D eigenvalue weighted by molar-refractivity contribution is 0.185. The van der Waals surface area contributed by atoms with Crippen molar-refractivity contribution >= 4 is 11.0 Å². The monoisotopic (exact) mass is 328 g/mol. The molecule has 0 bridgehead atoms. The summed E-state index contributed by atoms with van der Waals surface area (Å²) in [5.41, 5.74) is 1.83. The summed E-state index contributed by atoms with van der Waals surface area (Å²) in [6.07, 6.45) is 2.84. The Morgan fingerprint density at radius 2 is 2.33 bits per heavy atom. The molecule has 0 saturated carbocycles. The van der Waals surface area contributed by atoms with Crippen LogP contribution in [-0.2, 0) is 11.2 Å². The van der Waals surface area contributed by atoms with Crippen LogP contribution in [0.5, 0.6) is 0 Å². The number of rotatable bonds is 3. The molecule has 1 aliphatic heterocycles. The van der Waals surface area contributed by atoms with Gasteiger partial charge in [0.05, 0.1) is 18.8 Å². The van der Waals surface area contributed by atoms with E-state index in [1.807, 2.05) is 0 Å². The Hall–Kier alpha value is -2.54. The van der Waals surface area contributed by atoms with Gasteiger partial charge >= 0.3 is 0 Å². The van der Waals surface area contributed by atoms with Crippen LogP contribution in [0.25, 0.3) is 11.0 Å². The third-order valence-electron chi connectivity index (χ3n) is 4.36. The zero-order valence-corrected chi connectivity index (χ0v) is 13.3. The van der Waals surface area contributed by atoms with Gasteiger partial charge in [-0.15, -0.1) is 0 Å². The first-order valence-corrected chi connectivity index (χ1v) is 7.91. The van der Waals surface area contributed by atoms with Gasteiger partial charge in [0.25, 0.3) is 5.56 Å². The third kappa shape index (κ3) is 2.60. The van der Waals surface area contributed by atoms with E-state index in [4.69, 9.17) is 4.74 Å². The lowest BCUT2D eigenvalue weighted by Gasteiger charge is -2.10. The van der Waals surface area contributed by atoms with Crippen LogP contribution in [0, 0.1) is 12.7 Å². The number of hydrogen-bond acceptors (Lipinski definition) is 4. The van der Waals surface area contributed by atoms with Gasteiger partial charge in [0.15, 0.2) is 5.65 Å². The average molecular weight is 328 g/mol. The number of hydrogen-bond donors (Lipinski definition) is 1. The van der Waals surface area contributed by atoms with Crippen molar-refractivity contribution in [2.75, 3.05) is 13.2 Å². The first kappa shape index (κ1) is 15.0. The third-order valence-corrected chi connectivity index (χ3v) is 4.36. The van der Waals surface area contributed by atoms with E-state index < -0.39 is 0 Å². The van der Waals surface area contributed by atoms with Crippen LogP contribution in [0.1, 0.15) is 29.4 Å². The van der Waals surface area contributed by atoms with Gasteiger partial charge in [0.2, 0.25) is 0 Å². The van der Waals surface area contributed by atoms with Crippen molar-refractivity contribution in [2.24, 2.45) is 0 Å². The van der Waals surface area contributed by atoms with E-state index in [1.165, 1.54) is 6.07 Å². The fourth-order valence-corrected chi connectivity index (χ4v) is 3.06. The number of fused-ring (bicyclic) bond motifs is 1. The molecule has 0 radical (unpaired) electrons. The highest BCUT2D eigenvalue weighted by atomic mass is 19.1. The summed E-state index contributed by atoms with van der Waals surface area (Å²) in [7, 11) is 0. The molecular formula is C17H17FN4O2. The van der Waals surface area contributed by atoms with Crippen LogP contribution >= 0.6 is 0 Å². The first-order valence-electron chi connectivity index (χ1n) is 7.91. The lowest BCUT2D eigenvalue weighted by atomic mass is 10.1. The van der Waals surface area contributed by atoms with Gasteiger partial charge in [-0.2, -0.15) is 5.10 Å². The topological polar surface area (TPSA) is 72.8 Å². The molecule has 124 valence electrons. The minimum absolute atomic E-state index is 0.109. The number of aromatic nitrogens is 4. The zero-order chi connectivity index (χ0) is 16.7. The fraction of sp³-hybridized carbons (Fsp3) is 0.353. The molecule has 1 aromatic carbocycles. The van der Waals surface area contributed by atoms with Crippen molar-refractivity contribution in [1.82, 2.24) is 19.7 Å². The number of aryl methyl sites for hydroxylation is 1. The van der Waals surface area contributed by atoms with Gasteiger partial charge in [-0.25, -0.2) is 14.1 Å². The van der Waals surface area contributed by atoms with E-state index in [-0.39, 0.29) is 17.4 Å². The second kappa shape index (κ2) is 5.83. The fourth-order valence-electron chi connectivity index (χ4n) is 3.06. The molecule has 0 aliphatic carbocycles. The maximum atomic E-state index is 13.4. The summed E-state index contributed by atoms with van der Waals surface area (Å²) in [5.74, 6) is 0.300. The number of halogens is 1. The Balaban J connectivity index is 1.74. The number of H-pyrrole nitrogens is 1. The van der Waals surface area contributed by atoms with E-state index in [2.05, 4.69) is 15.1 Å². The van der Waals surface area contributed by atoms with Crippen LogP contribution in [-0.4, -0.2) is 33.0 Å². The number of ether oxygens (including phenoxy) is 1. The van der Waals surface area contributed by atoms with E-state index in [0.717, 1.165) is 12.0 Å². The molecule has 1 unspecified atom stereocenters. The number of aromatic amines is 1. The molecule has 24 heavy (non-hydrogen) atoms. The quantitative estimate of drug-likeness (QED) is 0.799. The van der Waals surface area contributed by atoms with E-state index >= 15 is 0 Å². The lowest BCUT2D eigenvalue weighted by Crippen LogP contribution is -2.15. The molecule has 4 rings (SSSR count). The maximum absolute atomic E-state index is 13.4. The van der Waals surface area contributed by atoms with Crippen molar-refractivity contribution in [2.45, 2.75) is 25.8 Å². The summed E-state index contributed by atoms with van der Waals surface area (Å²) in [6.45, 7) is 2.99. The second-order valence-corrected chi connectivity index (χ2v) is 6.12. The number of nitrogens with zero attached hydrogens (tertiary/aromatic N) is 3. The molecule has 1 aliphatic rings. The first-order chi connectivity index (χ1) is 11.6. The molecule has 1 N–H and O–H groups in total. The standard InChI is InChI=1S/C17H17FN4O2/c1-10-6-11(2-3-14(10)18)7-15-20-16-13(17(23)21-15)8-19-22(16)12-4-5-24-9-12/h2-3,6,8,12H,4-5,7,9H2,1H3,(H,20,21,23). The van der Waals surface area contributed by atoms with Crippen LogP contribution in [0.3, 0.4) is 0 Å². The van der Waals surface area contributed by atoms with Crippen molar-refractivity contribution in [3.05, 3.63) is 57.5 Å². The van der Waals surface area contributed by atoms with Gasteiger partial charge in [-0.05, 0) is 30.5 Å². The summed E-state index contributed by atoms with van der Waals surface area (Å²) in [4.78, 5) is 19.7. The summed E-state index contributed by atoms with van der Waals surface area (Å²) < 4.78 is 20.6. The van der Waals surface area contributed by atoms with E-state index in [0.29, 0.717) is 42.1 Å². The summed E-state index contributed by atoms with van der Waals surface area (Å²) in [6, 6.07) is 5.01. The maximum Gasteiger partial charge on any atom is 0.262 e. The smallest absolute Gasteiger partial charge is 0.262 e. The van der Waals surface area contributed by atoms with E-state index in [9.17, 15) is 9.18 Å². The minimum atomic E-state index is -0.241.